The Bertz CT molecular complexity index is 2170. The van der Waals surface area contributed by atoms with Gasteiger partial charge >= 0.3 is 0 Å². The van der Waals surface area contributed by atoms with Gasteiger partial charge in [-0.1, -0.05) is 29.8 Å². The fraction of sp³-hybridized carbons (Fsp3) is 0.300. The van der Waals surface area contributed by atoms with E-state index in [0.717, 1.165) is 83.8 Å². The van der Waals surface area contributed by atoms with E-state index >= 15 is 0 Å². The van der Waals surface area contributed by atoms with Crippen molar-refractivity contribution in [3.63, 3.8) is 0 Å². The highest BCUT2D eigenvalue weighted by Gasteiger charge is 2.18. The van der Waals surface area contributed by atoms with Gasteiger partial charge in [-0.15, -0.1) is 0 Å². The van der Waals surface area contributed by atoms with Crippen molar-refractivity contribution in [2.45, 2.75) is 46.2 Å². The molecule has 3 N–H and O–H groups in total. The van der Waals surface area contributed by atoms with Crippen LogP contribution < -0.4 is 10.6 Å². The molecular weight excluding hydrogens is 719 g/mol. The zero-order valence-electron chi connectivity index (χ0n) is 30.3. The van der Waals surface area contributed by atoms with Gasteiger partial charge in [-0.3, -0.25) is 19.6 Å². The fourth-order valence-electron chi connectivity index (χ4n) is 5.91. The van der Waals surface area contributed by atoms with E-state index in [1.165, 1.54) is 24.6 Å². The van der Waals surface area contributed by atoms with Crippen LogP contribution >= 0.6 is 11.6 Å². The minimum atomic E-state index is -2.47. The van der Waals surface area contributed by atoms with Gasteiger partial charge in [0.1, 0.15) is 23.4 Å². The summed E-state index contributed by atoms with van der Waals surface area (Å²) in [5.74, 6) is 0.573. The SMILES string of the molecule is C1COC1.Cc1cc(C(F)F)c2n[nH]c(C)c2c1.Cn1c(CN2CC=C(/C(=C/C=C\C=O)NCc3ccc(Cl)cc3F)CC2)nc2cc(NC=O)ccc21. The van der Waals surface area contributed by atoms with Gasteiger partial charge in [0.2, 0.25) is 6.41 Å². The zero-order valence-corrected chi connectivity index (χ0v) is 31.1. The number of halogens is 4. The third kappa shape index (κ3) is 10.5. The minimum Gasteiger partial charge on any atom is -0.381 e. The lowest BCUT2D eigenvalue weighted by Crippen LogP contribution is -2.31. The van der Waals surface area contributed by atoms with E-state index in [1.54, 1.807) is 25.1 Å². The van der Waals surface area contributed by atoms with Crippen molar-refractivity contribution in [2.24, 2.45) is 7.05 Å². The number of carbonyl (C=O) groups is 2. The van der Waals surface area contributed by atoms with Gasteiger partial charge in [0, 0.05) is 78.5 Å². The van der Waals surface area contributed by atoms with E-state index in [2.05, 4.69) is 36.4 Å². The van der Waals surface area contributed by atoms with E-state index in [-0.39, 0.29) is 11.4 Å². The molecule has 2 aliphatic heterocycles. The van der Waals surface area contributed by atoms with Crippen molar-refractivity contribution in [1.29, 1.82) is 0 Å². The number of hydrogen-bond acceptors (Lipinski definition) is 7. The number of H-pyrrole nitrogens is 1. The number of nitrogens with zero attached hydrogens (tertiary/aromatic N) is 4. The molecule has 1 fully saturated rings. The third-order valence-electron chi connectivity index (χ3n) is 8.98. The summed E-state index contributed by atoms with van der Waals surface area (Å²) in [5, 5.41) is 13.7. The number of ether oxygens (including phenoxy) is 1. The molecule has 4 heterocycles. The number of rotatable bonds is 11. The van der Waals surface area contributed by atoms with Crippen LogP contribution in [-0.2, 0) is 34.5 Å². The van der Waals surface area contributed by atoms with Crippen LogP contribution in [0.15, 0.2) is 84.1 Å². The molecule has 0 saturated carbocycles. The Kier molecular flexibility index (Phi) is 14.2. The van der Waals surface area contributed by atoms with Crippen molar-refractivity contribution >= 4 is 51.9 Å². The van der Waals surface area contributed by atoms with Crippen LogP contribution in [0, 0.1) is 19.7 Å². The van der Waals surface area contributed by atoms with Gasteiger partial charge in [-0.25, -0.2) is 18.2 Å². The largest absolute Gasteiger partial charge is 0.381 e. The van der Waals surface area contributed by atoms with Gasteiger partial charge in [-0.2, -0.15) is 5.10 Å². The van der Waals surface area contributed by atoms with E-state index in [0.29, 0.717) is 41.3 Å². The average Bonchev–Trinajstić information content (AvgIpc) is 3.64. The van der Waals surface area contributed by atoms with Crippen molar-refractivity contribution in [3.05, 3.63) is 123 Å². The standard InChI is InChI=1S/C27H27ClFN5O2.C10H10F2N2.C3H6O/c1-33-26-8-7-22(31-18-36)15-25(26)32-27(33)17-34-11-9-19(10-12-34)24(4-2-3-13-35)30-16-20-5-6-21(28)14-23(20)29;1-5-3-7-6(2)13-14-9(7)8(4-5)10(11)12;1-2-4-3-1/h2-9,13-15,18,30H,10-12,16-17H2,1H3,(H,31,36);3-4,10H,1-2H3,(H,13,14);1-3H2/b3-2-,24-4-;;. The van der Waals surface area contributed by atoms with Crippen LogP contribution in [0.1, 0.15) is 47.5 Å². The second-order valence-corrected chi connectivity index (χ2v) is 13.3. The number of hydrogen-bond donors (Lipinski definition) is 3. The molecule has 284 valence electrons. The molecule has 0 aliphatic carbocycles. The number of alkyl halides is 2. The second-order valence-electron chi connectivity index (χ2n) is 12.8. The number of imidazole rings is 1. The monoisotopic (exact) mass is 761 g/mol. The maximum absolute atomic E-state index is 14.2. The first kappa shape index (κ1) is 40.0. The van der Waals surface area contributed by atoms with Gasteiger partial charge in [0.05, 0.1) is 17.6 Å². The zero-order chi connectivity index (χ0) is 38.6. The Morgan fingerprint density at radius 2 is 1.87 bits per heavy atom. The van der Waals surface area contributed by atoms with Crippen molar-refractivity contribution in [3.8, 4) is 0 Å². The molecule has 2 aliphatic rings. The molecule has 0 unspecified atom stereocenters. The summed E-state index contributed by atoms with van der Waals surface area (Å²) in [6, 6.07) is 13.6. The second kappa shape index (κ2) is 19.2. The van der Waals surface area contributed by atoms with Gasteiger partial charge in [0.25, 0.3) is 6.43 Å². The number of nitrogens with one attached hydrogen (secondary N) is 3. The van der Waals surface area contributed by atoms with Crippen molar-refractivity contribution in [1.82, 2.24) is 30.0 Å². The number of aromatic amines is 1. The highest BCUT2D eigenvalue weighted by Crippen LogP contribution is 2.29. The molecule has 0 radical (unpaired) electrons. The topological polar surface area (TPSA) is 117 Å². The number of anilines is 1. The summed E-state index contributed by atoms with van der Waals surface area (Å²) in [6.45, 7) is 8.15. The first-order valence-electron chi connectivity index (χ1n) is 17.5. The van der Waals surface area contributed by atoms with Crippen molar-refractivity contribution < 1.29 is 27.5 Å². The number of carbonyl (C=O) groups excluding carboxylic acids is 2. The summed E-state index contributed by atoms with van der Waals surface area (Å²) in [7, 11) is 1.99. The fourth-order valence-corrected chi connectivity index (χ4v) is 6.07. The van der Waals surface area contributed by atoms with Crippen LogP contribution in [-0.4, -0.2) is 63.6 Å². The number of fused-ring (bicyclic) bond motifs is 2. The van der Waals surface area contributed by atoms with Gasteiger partial charge < -0.3 is 19.9 Å². The number of aldehydes is 1. The predicted octanol–water partition coefficient (Wildman–Crippen LogP) is 8.02. The van der Waals surface area contributed by atoms with E-state index in [9.17, 15) is 22.8 Å². The first-order chi connectivity index (χ1) is 26.1. The molecule has 5 aromatic rings. The molecule has 0 spiro atoms. The molecule has 10 nitrogen and oxygen atoms in total. The average molecular weight is 762 g/mol. The molecule has 1 amide bonds. The van der Waals surface area contributed by atoms with E-state index < -0.39 is 6.43 Å². The van der Waals surface area contributed by atoms with Crippen LogP contribution in [0.5, 0.6) is 0 Å². The quantitative estimate of drug-likeness (QED) is 0.0709. The molecule has 7 rings (SSSR count). The molecule has 3 aromatic carbocycles. The molecule has 0 atom stereocenters. The third-order valence-corrected chi connectivity index (χ3v) is 9.21. The van der Waals surface area contributed by atoms with Crippen LogP contribution in [0.3, 0.4) is 0 Å². The lowest BCUT2D eigenvalue weighted by molar-refractivity contribution is -0.105. The number of amides is 1. The van der Waals surface area contributed by atoms with Crippen molar-refractivity contribution in [2.75, 3.05) is 31.6 Å². The van der Waals surface area contributed by atoms with E-state index in [4.69, 9.17) is 21.3 Å². The Balaban J connectivity index is 0.000000253. The van der Waals surface area contributed by atoms with Gasteiger partial charge in [0.15, 0.2) is 0 Å². The summed E-state index contributed by atoms with van der Waals surface area (Å²) < 4.78 is 46.3. The first-order valence-corrected chi connectivity index (χ1v) is 17.8. The Morgan fingerprint density at radius 1 is 1.09 bits per heavy atom. The maximum Gasteiger partial charge on any atom is 0.266 e. The Morgan fingerprint density at radius 3 is 2.52 bits per heavy atom. The summed E-state index contributed by atoms with van der Waals surface area (Å²) in [4.78, 5) is 28.5. The molecular formula is C40H43ClF3N7O3. The highest BCUT2D eigenvalue weighted by molar-refractivity contribution is 6.30. The van der Waals surface area contributed by atoms with Crippen LogP contribution in [0.25, 0.3) is 21.9 Å². The number of allylic oxidation sites excluding steroid dienone is 4. The summed E-state index contributed by atoms with van der Waals surface area (Å²) >= 11 is 5.86. The molecule has 2 aromatic heterocycles. The lowest BCUT2D eigenvalue weighted by Gasteiger charge is -2.27. The number of aryl methyl sites for hydroxylation is 3. The van der Waals surface area contributed by atoms with Crippen LogP contribution in [0.2, 0.25) is 5.02 Å². The van der Waals surface area contributed by atoms with Crippen LogP contribution in [0.4, 0.5) is 18.9 Å². The van der Waals surface area contributed by atoms with Gasteiger partial charge in [-0.05, 0) is 92.4 Å². The molecule has 14 heteroatoms. The summed E-state index contributed by atoms with van der Waals surface area (Å²) in [6.07, 6.45) is 8.04. The molecule has 1 saturated heterocycles. The smallest absolute Gasteiger partial charge is 0.266 e. The number of benzene rings is 3. The molecule has 54 heavy (non-hydrogen) atoms. The summed E-state index contributed by atoms with van der Waals surface area (Å²) in [5.41, 5.74) is 7.04. The lowest BCUT2D eigenvalue weighted by atomic mass is 10.0. The maximum atomic E-state index is 14.2. The minimum absolute atomic E-state index is 0.00403. The van der Waals surface area contributed by atoms with E-state index in [1.807, 2.05) is 44.3 Å². The Labute approximate surface area is 316 Å². The number of aromatic nitrogens is 4. The highest BCUT2D eigenvalue weighted by atomic mass is 35.5. The Hall–Kier alpha value is -5.24. The normalized spacial score (nSPS) is 14.6. The predicted molar refractivity (Wildman–Crippen MR) is 206 cm³/mol. The molecule has 0 bridgehead atoms.